The van der Waals surface area contributed by atoms with E-state index in [1.54, 1.807) is 0 Å². The molecule has 0 bridgehead atoms. The van der Waals surface area contributed by atoms with E-state index in [2.05, 4.69) is 30.5 Å². The van der Waals surface area contributed by atoms with Crippen molar-refractivity contribution in [1.82, 2.24) is 4.57 Å². The molecule has 1 aromatic carbocycles. The Bertz CT molecular complexity index is 603. The van der Waals surface area contributed by atoms with Crippen LogP contribution in [0.4, 0.5) is 0 Å². The Labute approximate surface area is 131 Å². The van der Waals surface area contributed by atoms with Gasteiger partial charge in [-0.25, -0.2) is 0 Å². The standard InChI is InChI=1S/C17H26N2O3/c1-13-14(2)19(17-6-4-3-5-16(13)17)12-15(22)11-18(7-9-20)8-10-21/h3-6,15,20-22H,7-12H2,1-2H3/p+1/t15-/m0/s1. The molecular weight excluding hydrogens is 280 g/mol. The summed E-state index contributed by atoms with van der Waals surface area (Å²) in [5.41, 5.74) is 3.56. The number of nitrogens with zero attached hydrogens (tertiary/aromatic N) is 1. The predicted octanol–water partition coefficient (Wildman–Crippen LogP) is -0.511. The van der Waals surface area contributed by atoms with E-state index in [0.29, 0.717) is 26.2 Å². The molecule has 0 aliphatic heterocycles. The molecule has 2 aromatic rings. The topological polar surface area (TPSA) is 70.1 Å². The van der Waals surface area contributed by atoms with Crippen molar-refractivity contribution in [3.63, 3.8) is 0 Å². The van der Waals surface area contributed by atoms with Crippen molar-refractivity contribution in [1.29, 1.82) is 0 Å². The fourth-order valence-corrected chi connectivity index (χ4v) is 3.09. The molecule has 4 N–H and O–H groups in total. The number of nitrogens with one attached hydrogen (secondary N) is 1. The second-order valence-corrected chi connectivity index (χ2v) is 5.89. The van der Waals surface area contributed by atoms with E-state index in [9.17, 15) is 5.11 Å². The smallest absolute Gasteiger partial charge is 0.121 e. The van der Waals surface area contributed by atoms with Gasteiger partial charge in [-0.1, -0.05) is 18.2 Å². The lowest BCUT2D eigenvalue weighted by atomic mass is 10.2. The van der Waals surface area contributed by atoms with E-state index in [1.807, 2.05) is 12.1 Å². The van der Waals surface area contributed by atoms with Crippen molar-refractivity contribution >= 4 is 10.9 Å². The van der Waals surface area contributed by atoms with Crippen LogP contribution in [-0.2, 0) is 6.54 Å². The molecule has 0 saturated heterocycles. The molecule has 22 heavy (non-hydrogen) atoms. The van der Waals surface area contributed by atoms with Crippen molar-refractivity contribution in [2.45, 2.75) is 26.5 Å². The summed E-state index contributed by atoms with van der Waals surface area (Å²) < 4.78 is 2.16. The summed E-state index contributed by atoms with van der Waals surface area (Å²) in [6.45, 7) is 6.44. The molecule has 2 rings (SSSR count). The van der Waals surface area contributed by atoms with Gasteiger partial charge in [-0.05, 0) is 25.5 Å². The van der Waals surface area contributed by atoms with Crippen molar-refractivity contribution < 1.29 is 20.2 Å². The van der Waals surface area contributed by atoms with Crippen LogP contribution in [-0.4, -0.2) is 58.8 Å². The van der Waals surface area contributed by atoms with Crippen molar-refractivity contribution in [3.05, 3.63) is 35.5 Å². The van der Waals surface area contributed by atoms with Crippen LogP contribution in [0.15, 0.2) is 24.3 Å². The molecule has 0 aliphatic carbocycles. The molecule has 0 aliphatic rings. The van der Waals surface area contributed by atoms with Gasteiger partial charge in [-0.15, -0.1) is 0 Å². The third-order valence-corrected chi connectivity index (χ3v) is 4.39. The molecule has 0 saturated carbocycles. The minimum Gasteiger partial charge on any atom is -0.391 e. The largest absolute Gasteiger partial charge is 0.391 e. The highest BCUT2D eigenvalue weighted by atomic mass is 16.3. The van der Waals surface area contributed by atoms with Crippen LogP contribution in [0.2, 0.25) is 0 Å². The van der Waals surface area contributed by atoms with Gasteiger partial charge in [0.05, 0.1) is 19.8 Å². The third kappa shape index (κ3) is 3.67. The first-order valence-electron chi connectivity index (χ1n) is 7.86. The summed E-state index contributed by atoms with van der Waals surface area (Å²) >= 11 is 0. The maximum atomic E-state index is 10.4. The van der Waals surface area contributed by atoms with E-state index in [-0.39, 0.29) is 13.2 Å². The normalized spacial score (nSPS) is 13.2. The molecule has 1 heterocycles. The number of aromatic nitrogens is 1. The van der Waals surface area contributed by atoms with E-state index < -0.39 is 6.10 Å². The summed E-state index contributed by atoms with van der Waals surface area (Å²) in [6, 6.07) is 8.23. The van der Waals surface area contributed by atoms with Gasteiger partial charge in [-0.2, -0.15) is 0 Å². The van der Waals surface area contributed by atoms with Crippen LogP contribution in [0.1, 0.15) is 11.3 Å². The first-order chi connectivity index (χ1) is 10.6. The monoisotopic (exact) mass is 307 g/mol. The van der Waals surface area contributed by atoms with Crippen molar-refractivity contribution in [2.75, 3.05) is 32.8 Å². The number of fused-ring (bicyclic) bond motifs is 1. The molecule has 0 unspecified atom stereocenters. The fraction of sp³-hybridized carbons (Fsp3) is 0.529. The number of quaternary nitrogens is 1. The zero-order valence-electron chi connectivity index (χ0n) is 13.4. The number of aryl methyl sites for hydroxylation is 1. The highest BCUT2D eigenvalue weighted by Gasteiger charge is 2.18. The van der Waals surface area contributed by atoms with E-state index in [4.69, 9.17) is 10.2 Å². The Morgan fingerprint density at radius 1 is 1.09 bits per heavy atom. The van der Waals surface area contributed by atoms with Gasteiger partial charge in [-0.3, -0.25) is 0 Å². The van der Waals surface area contributed by atoms with Gasteiger partial charge in [0, 0.05) is 16.6 Å². The highest BCUT2D eigenvalue weighted by molar-refractivity contribution is 5.85. The van der Waals surface area contributed by atoms with Gasteiger partial charge >= 0.3 is 0 Å². The lowest BCUT2D eigenvalue weighted by Crippen LogP contribution is -3.14. The molecule has 5 nitrogen and oxygen atoms in total. The minimum absolute atomic E-state index is 0.0621. The van der Waals surface area contributed by atoms with Gasteiger partial charge in [0.1, 0.15) is 25.7 Å². The minimum atomic E-state index is -0.512. The Balaban J connectivity index is 2.14. The van der Waals surface area contributed by atoms with Crippen LogP contribution in [0.5, 0.6) is 0 Å². The quantitative estimate of drug-likeness (QED) is 0.531. The Hall–Kier alpha value is -1.40. The molecule has 0 spiro atoms. The molecule has 5 heteroatoms. The molecule has 122 valence electrons. The summed E-state index contributed by atoms with van der Waals surface area (Å²) in [6.07, 6.45) is -0.512. The fourth-order valence-electron chi connectivity index (χ4n) is 3.09. The number of benzene rings is 1. The second kappa shape index (κ2) is 7.74. The number of aliphatic hydroxyl groups excluding tert-OH is 3. The van der Waals surface area contributed by atoms with Gasteiger partial charge in [0.2, 0.25) is 0 Å². The average molecular weight is 307 g/mol. The number of aliphatic hydroxyl groups is 3. The summed E-state index contributed by atoms with van der Waals surface area (Å²) in [4.78, 5) is 1.02. The second-order valence-electron chi connectivity index (χ2n) is 5.89. The summed E-state index contributed by atoms with van der Waals surface area (Å²) in [7, 11) is 0. The zero-order chi connectivity index (χ0) is 16.1. The number of hydrogen-bond donors (Lipinski definition) is 4. The Morgan fingerprint density at radius 3 is 2.36 bits per heavy atom. The predicted molar refractivity (Wildman–Crippen MR) is 87.2 cm³/mol. The lowest BCUT2D eigenvalue weighted by molar-refractivity contribution is -0.904. The van der Waals surface area contributed by atoms with E-state index in [0.717, 1.165) is 10.4 Å². The number of rotatable bonds is 8. The molecule has 1 atom stereocenters. The highest BCUT2D eigenvalue weighted by Crippen LogP contribution is 2.24. The van der Waals surface area contributed by atoms with Gasteiger partial charge in [0.25, 0.3) is 0 Å². The maximum Gasteiger partial charge on any atom is 0.121 e. The Morgan fingerprint density at radius 2 is 1.73 bits per heavy atom. The van der Waals surface area contributed by atoms with E-state index >= 15 is 0 Å². The molecule has 0 fully saturated rings. The molecule has 0 radical (unpaired) electrons. The molecule has 1 aromatic heterocycles. The number of para-hydroxylation sites is 1. The SMILES string of the molecule is Cc1c(C)n(C[C@@H](O)C[NH+](CCO)CCO)c2ccccc12. The first kappa shape index (κ1) is 17.0. The van der Waals surface area contributed by atoms with Crippen LogP contribution in [0.3, 0.4) is 0 Å². The van der Waals surface area contributed by atoms with Crippen molar-refractivity contribution in [3.8, 4) is 0 Å². The van der Waals surface area contributed by atoms with Crippen LogP contribution in [0, 0.1) is 13.8 Å². The van der Waals surface area contributed by atoms with Gasteiger partial charge in [0.15, 0.2) is 0 Å². The molecule has 0 amide bonds. The van der Waals surface area contributed by atoms with E-state index in [1.165, 1.54) is 16.6 Å². The van der Waals surface area contributed by atoms with Crippen LogP contribution >= 0.6 is 0 Å². The molecular formula is C17H27N2O3+. The Kier molecular flexibility index (Phi) is 5.97. The first-order valence-corrected chi connectivity index (χ1v) is 7.86. The number of hydrogen-bond acceptors (Lipinski definition) is 3. The summed E-state index contributed by atoms with van der Waals surface area (Å²) in [5.74, 6) is 0. The zero-order valence-corrected chi connectivity index (χ0v) is 13.4. The average Bonchev–Trinajstić information content (AvgIpc) is 2.73. The third-order valence-electron chi connectivity index (χ3n) is 4.39. The van der Waals surface area contributed by atoms with Crippen molar-refractivity contribution in [2.24, 2.45) is 0 Å². The maximum absolute atomic E-state index is 10.4. The van der Waals surface area contributed by atoms with Crippen LogP contribution in [0.25, 0.3) is 10.9 Å². The van der Waals surface area contributed by atoms with Crippen LogP contribution < -0.4 is 4.90 Å². The lowest BCUT2D eigenvalue weighted by Gasteiger charge is -2.22. The van der Waals surface area contributed by atoms with Gasteiger partial charge < -0.3 is 24.8 Å². The summed E-state index contributed by atoms with van der Waals surface area (Å²) in [5, 5.41) is 29.8.